The third-order valence-electron chi connectivity index (χ3n) is 5.27. The lowest BCUT2D eigenvalue weighted by atomic mass is 10.00. The molecule has 5 nitrogen and oxygen atoms in total. The van der Waals surface area contributed by atoms with Crippen LogP contribution in [0.5, 0.6) is 0 Å². The van der Waals surface area contributed by atoms with Gasteiger partial charge in [-0.1, -0.05) is 50.4 Å². The van der Waals surface area contributed by atoms with Gasteiger partial charge in [0.2, 0.25) is 5.91 Å². The van der Waals surface area contributed by atoms with Crippen molar-refractivity contribution in [2.45, 2.75) is 65.0 Å². The molecule has 1 aliphatic rings. The van der Waals surface area contributed by atoms with Crippen molar-refractivity contribution < 1.29 is 9.59 Å². The molecule has 0 spiro atoms. The molecule has 162 valence electrons. The van der Waals surface area contributed by atoms with Crippen molar-refractivity contribution in [1.29, 1.82) is 0 Å². The van der Waals surface area contributed by atoms with E-state index in [0.717, 1.165) is 32.5 Å². The molecule has 1 aliphatic heterocycles. The summed E-state index contributed by atoms with van der Waals surface area (Å²) in [6.45, 7) is 9.42. The minimum atomic E-state index is -0.590. The second kappa shape index (κ2) is 11.8. The van der Waals surface area contributed by atoms with Crippen molar-refractivity contribution in [2.24, 2.45) is 5.92 Å². The van der Waals surface area contributed by atoms with Gasteiger partial charge in [-0.2, -0.15) is 0 Å². The maximum atomic E-state index is 12.9. The van der Waals surface area contributed by atoms with Crippen LogP contribution in [0.1, 0.15) is 63.2 Å². The fraction of sp³-hybridized carbons (Fsp3) is 0.636. The van der Waals surface area contributed by atoms with Gasteiger partial charge in [-0.3, -0.25) is 9.59 Å². The van der Waals surface area contributed by atoms with E-state index < -0.39 is 6.04 Å². The third-order valence-corrected chi connectivity index (χ3v) is 5.81. The number of halogens is 2. The SMILES string of the molecule is CCCCN1CCC(NC(=O)C(CC(C)C)NC(=O)c2ccc(Cl)cc2Cl)CC1. The molecular formula is C22H33Cl2N3O2. The Bertz CT molecular complexity index is 689. The van der Waals surface area contributed by atoms with E-state index in [1.807, 2.05) is 13.8 Å². The average Bonchev–Trinajstić information content (AvgIpc) is 2.66. The van der Waals surface area contributed by atoms with Crippen molar-refractivity contribution in [1.82, 2.24) is 15.5 Å². The smallest absolute Gasteiger partial charge is 0.253 e. The molecule has 7 heteroatoms. The first-order chi connectivity index (χ1) is 13.8. The fourth-order valence-corrected chi connectivity index (χ4v) is 4.09. The molecule has 1 aromatic rings. The van der Waals surface area contributed by atoms with E-state index in [-0.39, 0.29) is 28.8 Å². The van der Waals surface area contributed by atoms with E-state index in [9.17, 15) is 9.59 Å². The van der Waals surface area contributed by atoms with Crippen molar-refractivity contribution in [2.75, 3.05) is 19.6 Å². The summed E-state index contributed by atoms with van der Waals surface area (Å²) in [5.41, 5.74) is 0.321. The lowest BCUT2D eigenvalue weighted by molar-refractivity contribution is -0.124. The van der Waals surface area contributed by atoms with Crippen molar-refractivity contribution in [3.8, 4) is 0 Å². The summed E-state index contributed by atoms with van der Waals surface area (Å²) >= 11 is 12.1. The Morgan fingerprint density at radius 2 is 1.90 bits per heavy atom. The van der Waals surface area contributed by atoms with Crippen LogP contribution < -0.4 is 10.6 Å². The predicted molar refractivity (Wildman–Crippen MR) is 120 cm³/mol. The van der Waals surface area contributed by atoms with Crippen molar-refractivity contribution in [3.63, 3.8) is 0 Å². The third kappa shape index (κ3) is 7.80. The molecule has 1 saturated heterocycles. The van der Waals surface area contributed by atoms with E-state index in [0.29, 0.717) is 17.0 Å². The molecule has 1 heterocycles. The number of carbonyl (C=O) groups excluding carboxylic acids is 2. The molecule has 1 fully saturated rings. The van der Waals surface area contributed by atoms with Gasteiger partial charge in [0.05, 0.1) is 10.6 Å². The number of hydrogen-bond donors (Lipinski definition) is 2. The second-order valence-corrected chi connectivity index (χ2v) is 9.10. The average molecular weight is 442 g/mol. The molecular weight excluding hydrogens is 409 g/mol. The first-order valence-corrected chi connectivity index (χ1v) is 11.3. The summed E-state index contributed by atoms with van der Waals surface area (Å²) in [6, 6.07) is 4.29. The summed E-state index contributed by atoms with van der Waals surface area (Å²) in [5.74, 6) is -0.214. The molecule has 0 saturated carbocycles. The normalized spacial score (nSPS) is 16.6. The van der Waals surface area contributed by atoms with Gasteiger partial charge >= 0.3 is 0 Å². The molecule has 2 N–H and O–H groups in total. The summed E-state index contributed by atoms with van der Waals surface area (Å²) in [6.07, 6.45) is 4.87. The van der Waals surface area contributed by atoms with Gasteiger partial charge in [-0.15, -0.1) is 0 Å². The van der Waals surface area contributed by atoms with Crippen LogP contribution in [0.4, 0.5) is 0 Å². The Labute approximate surface area is 184 Å². The lowest BCUT2D eigenvalue weighted by Gasteiger charge is -2.33. The summed E-state index contributed by atoms with van der Waals surface area (Å²) < 4.78 is 0. The zero-order valence-corrected chi connectivity index (χ0v) is 19.2. The number of amides is 2. The van der Waals surface area contributed by atoms with Gasteiger partial charge in [0.15, 0.2) is 0 Å². The largest absolute Gasteiger partial charge is 0.351 e. The van der Waals surface area contributed by atoms with E-state index in [2.05, 4.69) is 22.5 Å². The van der Waals surface area contributed by atoms with Crippen LogP contribution in [0.25, 0.3) is 0 Å². The highest BCUT2D eigenvalue weighted by molar-refractivity contribution is 6.36. The molecule has 29 heavy (non-hydrogen) atoms. The summed E-state index contributed by atoms with van der Waals surface area (Å²) in [5, 5.41) is 6.75. The summed E-state index contributed by atoms with van der Waals surface area (Å²) in [4.78, 5) is 28.1. The van der Waals surface area contributed by atoms with Crippen molar-refractivity contribution >= 4 is 35.0 Å². The van der Waals surface area contributed by atoms with Crippen LogP contribution in [0, 0.1) is 5.92 Å². The number of likely N-dealkylation sites (tertiary alicyclic amines) is 1. The number of nitrogens with one attached hydrogen (secondary N) is 2. The van der Waals surface area contributed by atoms with Crippen LogP contribution in [-0.2, 0) is 4.79 Å². The monoisotopic (exact) mass is 441 g/mol. The fourth-order valence-electron chi connectivity index (χ4n) is 3.60. The zero-order chi connectivity index (χ0) is 21.4. The molecule has 0 aromatic heterocycles. The number of hydrogen-bond acceptors (Lipinski definition) is 3. The Kier molecular flexibility index (Phi) is 9.73. The number of unbranched alkanes of at least 4 members (excludes halogenated alkanes) is 1. The number of rotatable bonds is 9. The van der Waals surface area contributed by atoms with Gasteiger partial charge < -0.3 is 15.5 Å². The van der Waals surface area contributed by atoms with E-state index >= 15 is 0 Å². The van der Waals surface area contributed by atoms with E-state index in [1.54, 1.807) is 12.1 Å². The minimum Gasteiger partial charge on any atom is -0.351 e. The number of benzene rings is 1. The Morgan fingerprint density at radius 3 is 2.48 bits per heavy atom. The number of nitrogens with zero attached hydrogens (tertiary/aromatic N) is 1. The Balaban J connectivity index is 1.95. The van der Waals surface area contributed by atoms with Gasteiger partial charge in [-0.05, 0) is 56.3 Å². The molecule has 1 aromatic carbocycles. The van der Waals surface area contributed by atoms with Gasteiger partial charge in [0.1, 0.15) is 6.04 Å². The Morgan fingerprint density at radius 1 is 1.21 bits per heavy atom. The van der Waals surface area contributed by atoms with Crippen molar-refractivity contribution in [3.05, 3.63) is 33.8 Å². The van der Waals surface area contributed by atoms with Crippen LogP contribution in [0.2, 0.25) is 10.0 Å². The topological polar surface area (TPSA) is 61.4 Å². The quantitative estimate of drug-likeness (QED) is 0.591. The van der Waals surface area contributed by atoms with Crippen LogP contribution in [0.3, 0.4) is 0 Å². The highest BCUT2D eigenvalue weighted by Crippen LogP contribution is 2.21. The molecule has 0 aliphatic carbocycles. The molecule has 0 bridgehead atoms. The maximum absolute atomic E-state index is 12.9. The highest BCUT2D eigenvalue weighted by Gasteiger charge is 2.27. The van der Waals surface area contributed by atoms with Gasteiger partial charge in [0.25, 0.3) is 5.91 Å². The van der Waals surface area contributed by atoms with Crippen LogP contribution in [-0.4, -0.2) is 48.4 Å². The lowest BCUT2D eigenvalue weighted by Crippen LogP contribution is -2.52. The molecule has 1 unspecified atom stereocenters. The minimum absolute atomic E-state index is 0.121. The molecule has 2 amide bonds. The standard InChI is InChI=1S/C22H33Cl2N3O2/c1-4-5-10-27-11-8-17(9-12-27)25-22(29)20(13-15(2)3)26-21(28)18-7-6-16(23)14-19(18)24/h6-7,14-15,17,20H,4-5,8-13H2,1-3H3,(H,25,29)(H,26,28). The number of piperidine rings is 1. The summed E-state index contributed by atoms with van der Waals surface area (Å²) in [7, 11) is 0. The first kappa shape index (κ1) is 24.0. The first-order valence-electron chi connectivity index (χ1n) is 10.6. The second-order valence-electron chi connectivity index (χ2n) is 8.26. The number of carbonyl (C=O) groups is 2. The van der Waals surface area contributed by atoms with E-state index in [1.165, 1.54) is 18.9 Å². The Hall–Kier alpha value is -1.30. The highest BCUT2D eigenvalue weighted by atomic mass is 35.5. The van der Waals surface area contributed by atoms with Crippen LogP contribution >= 0.6 is 23.2 Å². The molecule has 2 rings (SSSR count). The molecule has 0 radical (unpaired) electrons. The predicted octanol–water partition coefficient (Wildman–Crippen LogP) is 4.52. The van der Waals surface area contributed by atoms with Gasteiger partial charge in [-0.25, -0.2) is 0 Å². The maximum Gasteiger partial charge on any atom is 0.253 e. The van der Waals surface area contributed by atoms with Gasteiger partial charge in [0, 0.05) is 24.2 Å². The van der Waals surface area contributed by atoms with E-state index in [4.69, 9.17) is 23.2 Å². The zero-order valence-electron chi connectivity index (χ0n) is 17.6. The van der Waals surface area contributed by atoms with Crippen LogP contribution in [0.15, 0.2) is 18.2 Å². The molecule has 1 atom stereocenters.